The molecule has 24 heavy (non-hydrogen) atoms. The van der Waals surface area contributed by atoms with Gasteiger partial charge in [0.15, 0.2) is 5.58 Å². The number of nitrogens with zero attached hydrogens (tertiary/aromatic N) is 1. The van der Waals surface area contributed by atoms with Crippen LogP contribution < -0.4 is 4.74 Å². The normalized spacial score (nSPS) is 11.1. The number of halogens is 1. The lowest BCUT2D eigenvalue weighted by Crippen LogP contribution is -2.01. The van der Waals surface area contributed by atoms with E-state index >= 15 is 0 Å². The van der Waals surface area contributed by atoms with Crippen LogP contribution in [0.25, 0.3) is 22.2 Å². The summed E-state index contributed by atoms with van der Waals surface area (Å²) in [6, 6.07) is 14.3. The Morgan fingerprint density at radius 2 is 1.92 bits per heavy atom. The topological polar surface area (TPSA) is 35.3 Å². The molecule has 0 aliphatic carbocycles. The van der Waals surface area contributed by atoms with Crippen molar-refractivity contribution in [2.24, 2.45) is 0 Å². The Labute approximate surface area is 151 Å². The minimum Gasteiger partial charge on any atom is -0.493 e. The van der Waals surface area contributed by atoms with Crippen LogP contribution in [0.5, 0.6) is 5.75 Å². The fourth-order valence-corrected chi connectivity index (χ4v) is 3.24. The summed E-state index contributed by atoms with van der Waals surface area (Å²) in [7, 11) is 0. The third-order valence-electron chi connectivity index (χ3n) is 4.03. The first-order valence-electron chi connectivity index (χ1n) is 8.50. The minimum absolute atomic E-state index is 0.730. The molecule has 4 heteroatoms. The molecule has 0 radical (unpaired) electrons. The summed E-state index contributed by atoms with van der Waals surface area (Å²) >= 11 is 3.45. The van der Waals surface area contributed by atoms with Crippen molar-refractivity contribution < 1.29 is 9.26 Å². The van der Waals surface area contributed by atoms with Crippen LogP contribution >= 0.6 is 15.9 Å². The predicted octanol–water partition coefficient (Wildman–Crippen LogP) is 6.00. The highest BCUT2D eigenvalue weighted by molar-refractivity contribution is 9.09. The summed E-state index contributed by atoms with van der Waals surface area (Å²) in [5.74, 6) is 0.926. The monoisotopic (exact) mass is 387 g/mol. The third-order valence-corrected chi connectivity index (χ3v) is 4.59. The van der Waals surface area contributed by atoms with Gasteiger partial charge in [0.1, 0.15) is 11.4 Å². The molecule has 2 aromatic carbocycles. The molecule has 3 nitrogen and oxygen atoms in total. The molecule has 1 heterocycles. The lowest BCUT2D eigenvalue weighted by molar-refractivity contribution is 0.306. The van der Waals surface area contributed by atoms with Crippen LogP contribution in [0.2, 0.25) is 0 Å². The van der Waals surface area contributed by atoms with Gasteiger partial charge in [-0.05, 0) is 31.4 Å². The van der Waals surface area contributed by atoms with E-state index in [0.29, 0.717) is 0 Å². The lowest BCUT2D eigenvalue weighted by Gasteiger charge is -2.11. The summed E-state index contributed by atoms with van der Waals surface area (Å²) in [6.07, 6.45) is 4.12. The van der Waals surface area contributed by atoms with Gasteiger partial charge in [0, 0.05) is 16.5 Å². The van der Waals surface area contributed by atoms with Crippen LogP contribution in [0, 0.1) is 0 Å². The number of aromatic nitrogens is 1. The van der Waals surface area contributed by atoms with Crippen LogP contribution in [0.3, 0.4) is 0 Å². The van der Waals surface area contributed by atoms with Gasteiger partial charge in [0.05, 0.1) is 12.0 Å². The average molecular weight is 388 g/mol. The number of hydrogen-bond acceptors (Lipinski definition) is 3. The molecule has 0 amide bonds. The van der Waals surface area contributed by atoms with Gasteiger partial charge in [-0.25, -0.2) is 0 Å². The van der Waals surface area contributed by atoms with E-state index in [-0.39, 0.29) is 0 Å². The molecule has 0 saturated carbocycles. The number of aryl methyl sites for hydroxylation is 1. The molecule has 0 aliphatic rings. The Kier molecular flexibility index (Phi) is 5.91. The number of unbranched alkanes of at least 4 members (excludes halogenated alkanes) is 1. The van der Waals surface area contributed by atoms with Crippen molar-refractivity contribution in [3.63, 3.8) is 0 Å². The number of ether oxygens (including phenoxy) is 1. The fraction of sp³-hybridized carbons (Fsp3) is 0.350. The average Bonchev–Trinajstić information content (AvgIpc) is 3.05. The highest BCUT2D eigenvalue weighted by Gasteiger charge is 2.17. The van der Waals surface area contributed by atoms with Gasteiger partial charge in [-0.3, -0.25) is 0 Å². The quantitative estimate of drug-likeness (QED) is 0.351. The summed E-state index contributed by atoms with van der Waals surface area (Å²) < 4.78 is 11.7. The van der Waals surface area contributed by atoms with E-state index < -0.39 is 0 Å². The number of rotatable bonds is 8. The van der Waals surface area contributed by atoms with Gasteiger partial charge < -0.3 is 9.26 Å². The maximum atomic E-state index is 6.01. The van der Waals surface area contributed by atoms with Crippen molar-refractivity contribution in [1.82, 2.24) is 5.16 Å². The number of benzene rings is 2. The van der Waals surface area contributed by atoms with Crippen LogP contribution in [0.1, 0.15) is 31.7 Å². The number of fused-ring (bicyclic) bond motifs is 1. The molecule has 0 bridgehead atoms. The van der Waals surface area contributed by atoms with E-state index in [9.17, 15) is 0 Å². The molecule has 0 N–H and O–H groups in total. The van der Waals surface area contributed by atoms with E-state index in [4.69, 9.17) is 9.26 Å². The van der Waals surface area contributed by atoms with E-state index in [1.54, 1.807) is 0 Å². The van der Waals surface area contributed by atoms with Crippen molar-refractivity contribution >= 4 is 26.9 Å². The minimum atomic E-state index is 0.730. The Bertz CT molecular complexity index is 783. The first kappa shape index (κ1) is 17.0. The Morgan fingerprint density at radius 3 is 2.67 bits per heavy atom. The van der Waals surface area contributed by atoms with Gasteiger partial charge in [0.2, 0.25) is 0 Å². The smallest absolute Gasteiger partial charge is 0.174 e. The van der Waals surface area contributed by atoms with Gasteiger partial charge in [0.25, 0.3) is 0 Å². The zero-order valence-electron chi connectivity index (χ0n) is 13.9. The van der Waals surface area contributed by atoms with Gasteiger partial charge in [-0.1, -0.05) is 64.8 Å². The van der Waals surface area contributed by atoms with Crippen LogP contribution in [0.4, 0.5) is 0 Å². The van der Waals surface area contributed by atoms with E-state index in [0.717, 1.165) is 71.2 Å². The Balaban J connectivity index is 1.96. The van der Waals surface area contributed by atoms with Gasteiger partial charge in [-0.2, -0.15) is 0 Å². The van der Waals surface area contributed by atoms with E-state index in [1.807, 2.05) is 18.2 Å². The standard InChI is InChI=1S/C20H22BrNO2/c1-2-8-16-18(23-14-7-6-13-21)12-11-17-19(22-24-20(16)17)15-9-4-3-5-10-15/h3-5,9-12H,2,6-8,13-14H2,1H3. The molecule has 3 aromatic rings. The lowest BCUT2D eigenvalue weighted by atomic mass is 10.0. The summed E-state index contributed by atoms with van der Waals surface area (Å²) in [5, 5.41) is 6.39. The molecule has 1 aromatic heterocycles. The Morgan fingerprint density at radius 1 is 1.08 bits per heavy atom. The fourth-order valence-electron chi connectivity index (χ4n) is 2.85. The molecule has 0 spiro atoms. The van der Waals surface area contributed by atoms with Crippen molar-refractivity contribution in [3.8, 4) is 17.0 Å². The maximum absolute atomic E-state index is 6.01. The summed E-state index contributed by atoms with van der Waals surface area (Å²) in [5.41, 5.74) is 3.95. The van der Waals surface area contributed by atoms with Crippen molar-refractivity contribution in [3.05, 3.63) is 48.0 Å². The molecule has 0 atom stereocenters. The van der Waals surface area contributed by atoms with E-state index in [2.05, 4.69) is 52.3 Å². The third kappa shape index (κ3) is 3.64. The summed E-state index contributed by atoms with van der Waals surface area (Å²) in [6.45, 7) is 2.90. The SMILES string of the molecule is CCCc1c(OCCCCBr)ccc2c(-c3ccccc3)noc12. The molecular formula is C20H22BrNO2. The predicted molar refractivity (Wildman–Crippen MR) is 102 cm³/mol. The highest BCUT2D eigenvalue weighted by Crippen LogP contribution is 2.35. The maximum Gasteiger partial charge on any atom is 0.174 e. The summed E-state index contributed by atoms with van der Waals surface area (Å²) in [4.78, 5) is 0. The molecule has 0 saturated heterocycles. The molecule has 0 unspecified atom stereocenters. The molecule has 0 fully saturated rings. The first-order valence-corrected chi connectivity index (χ1v) is 9.62. The van der Waals surface area contributed by atoms with Gasteiger partial charge >= 0.3 is 0 Å². The zero-order chi connectivity index (χ0) is 16.8. The van der Waals surface area contributed by atoms with Crippen LogP contribution in [-0.4, -0.2) is 17.1 Å². The largest absolute Gasteiger partial charge is 0.493 e. The zero-order valence-corrected chi connectivity index (χ0v) is 15.5. The van der Waals surface area contributed by atoms with Crippen molar-refractivity contribution in [2.75, 3.05) is 11.9 Å². The second-order valence-electron chi connectivity index (χ2n) is 5.81. The molecule has 0 aliphatic heterocycles. The Hall–Kier alpha value is -1.81. The highest BCUT2D eigenvalue weighted by atomic mass is 79.9. The molecular weight excluding hydrogens is 366 g/mol. The number of hydrogen-bond donors (Lipinski definition) is 0. The first-order chi connectivity index (χ1) is 11.8. The van der Waals surface area contributed by atoms with Crippen molar-refractivity contribution in [1.29, 1.82) is 0 Å². The molecule has 3 rings (SSSR count). The number of alkyl halides is 1. The van der Waals surface area contributed by atoms with Gasteiger partial charge in [-0.15, -0.1) is 0 Å². The van der Waals surface area contributed by atoms with Crippen LogP contribution in [0.15, 0.2) is 47.0 Å². The molecule has 126 valence electrons. The van der Waals surface area contributed by atoms with E-state index in [1.165, 1.54) is 0 Å². The second-order valence-corrected chi connectivity index (χ2v) is 6.60. The van der Waals surface area contributed by atoms with Crippen LogP contribution in [-0.2, 0) is 6.42 Å². The second kappa shape index (κ2) is 8.34. The van der Waals surface area contributed by atoms with Crippen molar-refractivity contribution in [2.45, 2.75) is 32.6 Å².